The van der Waals surface area contributed by atoms with Gasteiger partial charge in [-0.25, -0.2) is 13.1 Å². The zero-order chi connectivity index (χ0) is 15.3. The van der Waals surface area contributed by atoms with Gasteiger partial charge in [-0.3, -0.25) is 0 Å². The van der Waals surface area contributed by atoms with Gasteiger partial charge in [0, 0.05) is 19.2 Å². The summed E-state index contributed by atoms with van der Waals surface area (Å²) in [5.41, 5.74) is 0.893. The second-order valence-electron chi connectivity index (χ2n) is 4.51. The third-order valence-corrected chi connectivity index (χ3v) is 4.15. The van der Waals surface area contributed by atoms with E-state index in [1.807, 2.05) is 0 Å². The summed E-state index contributed by atoms with van der Waals surface area (Å²) in [7, 11) is -3.59. The lowest BCUT2D eigenvalue weighted by Gasteiger charge is -2.07. The number of anilines is 1. The molecule has 2 aromatic rings. The van der Waals surface area contributed by atoms with Crippen LogP contribution in [0.5, 0.6) is 0 Å². The molecule has 1 aromatic heterocycles. The SMILES string of the molecule is CCCNc1ccc(S(=O)(=O)NCc2noc(C)n2)cc1. The topological polar surface area (TPSA) is 97.1 Å². The van der Waals surface area contributed by atoms with Gasteiger partial charge in [0.05, 0.1) is 11.4 Å². The molecule has 2 rings (SSSR count). The van der Waals surface area contributed by atoms with E-state index in [0.717, 1.165) is 18.7 Å². The lowest BCUT2D eigenvalue weighted by Crippen LogP contribution is -2.23. The Bertz CT molecular complexity index is 680. The van der Waals surface area contributed by atoms with Crippen LogP contribution in [0.25, 0.3) is 0 Å². The van der Waals surface area contributed by atoms with Gasteiger partial charge in [-0.2, -0.15) is 4.98 Å². The van der Waals surface area contributed by atoms with Crippen molar-refractivity contribution in [3.8, 4) is 0 Å². The molecule has 0 bridgehead atoms. The molecule has 1 heterocycles. The minimum atomic E-state index is -3.59. The number of hydrogen-bond acceptors (Lipinski definition) is 6. The molecule has 0 aliphatic carbocycles. The molecule has 0 fully saturated rings. The van der Waals surface area contributed by atoms with Crippen LogP contribution in [0.2, 0.25) is 0 Å². The number of hydrogen-bond donors (Lipinski definition) is 2. The van der Waals surface area contributed by atoms with Crippen LogP contribution in [0.3, 0.4) is 0 Å². The van der Waals surface area contributed by atoms with Gasteiger partial charge in [0.15, 0.2) is 5.82 Å². The van der Waals surface area contributed by atoms with E-state index in [4.69, 9.17) is 4.52 Å². The van der Waals surface area contributed by atoms with Crippen LogP contribution >= 0.6 is 0 Å². The molecule has 0 atom stereocenters. The molecule has 0 unspecified atom stereocenters. The van der Waals surface area contributed by atoms with Crippen molar-refractivity contribution in [1.82, 2.24) is 14.9 Å². The zero-order valence-electron chi connectivity index (χ0n) is 12.0. The van der Waals surface area contributed by atoms with E-state index in [1.54, 1.807) is 31.2 Å². The minimum absolute atomic E-state index is 0.00445. The fourth-order valence-corrected chi connectivity index (χ4v) is 2.66. The summed E-state index contributed by atoms with van der Waals surface area (Å²) in [6.07, 6.45) is 1.01. The summed E-state index contributed by atoms with van der Waals surface area (Å²) >= 11 is 0. The van der Waals surface area contributed by atoms with Crippen LogP contribution < -0.4 is 10.0 Å². The van der Waals surface area contributed by atoms with Crippen molar-refractivity contribution in [3.63, 3.8) is 0 Å². The largest absolute Gasteiger partial charge is 0.385 e. The highest BCUT2D eigenvalue weighted by Gasteiger charge is 2.15. The number of nitrogens with one attached hydrogen (secondary N) is 2. The van der Waals surface area contributed by atoms with Crippen molar-refractivity contribution in [2.24, 2.45) is 0 Å². The van der Waals surface area contributed by atoms with E-state index in [-0.39, 0.29) is 11.4 Å². The molecular formula is C13H18N4O3S. The highest BCUT2D eigenvalue weighted by atomic mass is 32.2. The van der Waals surface area contributed by atoms with Crippen LogP contribution in [0.1, 0.15) is 25.1 Å². The zero-order valence-corrected chi connectivity index (χ0v) is 12.8. The number of benzene rings is 1. The summed E-state index contributed by atoms with van der Waals surface area (Å²) in [5, 5.41) is 6.82. The van der Waals surface area contributed by atoms with Gasteiger partial charge in [-0.15, -0.1) is 0 Å². The van der Waals surface area contributed by atoms with Crippen LogP contribution in [-0.4, -0.2) is 25.1 Å². The second-order valence-corrected chi connectivity index (χ2v) is 6.27. The molecule has 0 amide bonds. The van der Waals surface area contributed by atoms with Gasteiger partial charge in [-0.1, -0.05) is 12.1 Å². The smallest absolute Gasteiger partial charge is 0.240 e. The maximum Gasteiger partial charge on any atom is 0.240 e. The Hall–Kier alpha value is -1.93. The average molecular weight is 310 g/mol. The molecular weight excluding hydrogens is 292 g/mol. The summed E-state index contributed by atoms with van der Waals surface area (Å²) in [4.78, 5) is 4.14. The summed E-state index contributed by atoms with van der Waals surface area (Å²) in [6, 6.07) is 6.59. The van der Waals surface area contributed by atoms with E-state index in [9.17, 15) is 8.42 Å². The van der Waals surface area contributed by atoms with E-state index in [0.29, 0.717) is 11.7 Å². The first-order chi connectivity index (χ1) is 10.0. The summed E-state index contributed by atoms with van der Waals surface area (Å²) in [6.45, 7) is 4.56. The van der Waals surface area contributed by atoms with Crippen LogP contribution in [-0.2, 0) is 16.6 Å². The van der Waals surface area contributed by atoms with E-state index < -0.39 is 10.0 Å². The standard InChI is InChI=1S/C13H18N4O3S/c1-3-8-14-11-4-6-12(7-5-11)21(18,19)15-9-13-16-10(2)20-17-13/h4-7,14-15H,3,8-9H2,1-2H3. The van der Waals surface area contributed by atoms with Gasteiger partial charge in [0.25, 0.3) is 0 Å². The second kappa shape index (κ2) is 6.68. The minimum Gasteiger partial charge on any atom is -0.385 e. The highest BCUT2D eigenvalue weighted by molar-refractivity contribution is 7.89. The first-order valence-corrected chi connectivity index (χ1v) is 8.12. The molecule has 114 valence electrons. The number of sulfonamides is 1. The van der Waals surface area contributed by atoms with Gasteiger partial charge in [0.1, 0.15) is 0 Å². The van der Waals surface area contributed by atoms with E-state index >= 15 is 0 Å². The first-order valence-electron chi connectivity index (χ1n) is 6.64. The fraction of sp³-hybridized carbons (Fsp3) is 0.385. The Morgan fingerprint density at radius 3 is 2.52 bits per heavy atom. The number of nitrogens with zero attached hydrogens (tertiary/aromatic N) is 2. The number of rotatable bonds is 7. The Morgan fingerprint density at radius 2 is 1.95 bits per heavy atom. The van der Waals surface area contributed by atoms with E-state index in [1.165, 1.54) is 0 Å². The molecule has 1 aromatic carbocycles. The molecule has 0 radical (unpaired) electrons. The molecule has 21 heavy (non-hydrogen) atoms. The lowest BCUT2D eigenvalue weighted by molar-refractivity contribution is 0.387. The maximum absolute atomic E-state index is 12.1. The third kappa shape index (κ3) is 4.27. The predicted octanol–water partition coefficient (Wildman–Crippen LogP) is 1.68. The maximum atomic E-state index is 12.1. The van der Waals surface area contributed by atoms with Crippen LogP contribution in [0.4, 0.5) is 5.69 Å². The monoisotopic (exact) mass is 310 g/mol. The molecule has 0 spiro atoms. The quantitative estimate of drug-likeness (QED) is 0.807. The van der Waals surface area contributed by atoms with Crippen LogP contribution in [0.15, 0.2) is 33.7 Å². The van der Waals surface area contributed by atoms with Gasteiger partial charge >= 0.3 is 0 Å². The lowest BCUT2D eigenvalue weighted by atomic mass is 10.3. The molecule has 0 aliphatic rings. The third-order valence-electron chi connectivity index (χ3n) is 2.73. The Balaban J connectivity index is 2.01. The van der Waals surface area contributed by atoms with Crippen molar-refractivity contribution in [1.29, 1.82) is 0 Å². The molecule has 0 aliphatic heterocycles. The average Bonchev–Trinajstić information content (AvgIpc) is 2.89. The number of aromatic nitrogens is 2. The summed E-state index contributed by atoms with van der Waals surface area (Å²) in [5.74, 6) is 0.702. The number of aryl methyl sites for hydroxylation is 1. The Labute approximate surface area is 123 Å². The van der Waals surface area contributed by atoms with Crippen molar-refractivity contribution < 1.29 is 12.9 Å². The molecule has 2 N–H and O–H groups in total. The van der Waals surface area contributed by atoms with Crippen molar-refractivity contribution >= 4 is 15.7 Å². The van der Waals surface area contributed by atoms with Crippen LogP contribution in [0, 0.1) is 6.92 Å². The fourth-order valence-electron chi connectivity index (χ4n) is 1.68. The first kappa shape index (κ1) is 15.5. The Morgan fingerprint density at radius 1 is 1.24 bits per heavy atom. The predicted molar refractivity (Wildman–Crippen MR) is 78.3 cm³/mol. The molecule has 7 nitrogen and oxygen atoms in total. The van der Waals surface area contributed by atoms with E-state index in [2.05, 4.69) is 27.1 Å². The summed E-state index contributed by atoms with van der Waals surface area (Å²) < 4.78 is 31.5. The van der Waals surface area contributed by atoms with Gasteiger partial charge in [-0.05, 0) is 30.7 Å². The molecule has 0 saturated heterocycles. The molecule has 8 heteroatoms. The highest BCUT2D eigenvalue weighted by Crippen LogP contribution is 2.14. The Kier molecular flexibility index (Phi) is 4.92. The van der Waals surface area contributed by atoms with Crippen molar-refractivity contribution in [2.45, 2.75) is 31.7 Å². The van der Waals surface area contributed by atoms with Gasteiger partial charge < -0.3 is 9.84 Å². The van der Waals surface area contributed by atoms with Gasteiger partial charge in [0.2, 0.25) is 15.9 Å². The van der Waals surface area contributed by atoms with Crippen molar-refractivity contribution in [2.75, 3.05) is 11.9 Å². The van der Waals surface area contributed by atoms with Crippen molar-refractivity contribution in [3.05, 3.63) is 36.0 Å². The molecule has 0 saturated carbocycles. The normalized spacial score (nSPS) is 11.5.